The second-order valence-corrected chi connectivity index (χ2v) is 4.26. The molecule has 80 valence electrons. The van der Waals surface area contributed by atoms with Gasteiger partial charge in [-0.15, -0.1) is 0 Å². The molecule has 0 aliphatic heterocycles. The first kappa shape index (κ1) is 10.2. The van der Waals surface area contributed by atoms with Gasteiger partial charge in [0.05, 0.1) is 0 Å². The van der Waals surface area contributed by atoms with Gasteiger partial charge >= 0.3 is 0 Å². The van der Waals surface area contributed by atoms with Crippen LogP contribution in [-0.2, 0) is 6.42 Å². The SMILES string of the molecule is CCC(N)Cc1cc2cc(C)ccc2[nH]1. The van der Waals surface area contributed by atoms with Crippen LogP contribution >= 0.6 is 0 Å². The number of fused-ring (bicyclic) bond motifs is 1. The number of aromatic amines is 1. The predicted octanol–water partition coefficient (Wildman–Crippen LogP) is 2.76. The van der Waals surface area contributed by atoms with Crippen LogP contribution in [0.4, 0.5) is 0 Å². The number of nitrogens with one attached hydrogen (secondary N) is 1. The number of hydrogen-bond acceptors (Lipinski definition) is 1. The fraction of sp³-hybridized carbons (Fsp3) is 0.385. The Hall–Kier alpha value is -1.28. The van der Waals surface area contributed by atoms with Gasteiger partial charge in [-0.3, -0.25) is 0 Å². The zero-order chi connectivity index (χ0) is 10.8. The van der Waals surface area contributed by atoms with Crippen molar-refractivity contribution in [3.63, 3.8) is 0 Å². The van der Waals surface area contributed by atoms with Gasteiger partial charge in [-0.2, -0.15) is 0 Å². The zero-order valence-electron chi connectivity index (χ0n) is 9.38. The van der Waals surface area contributed by atoms with E-state index in [9.17, 15) is 0 Å². The summed E-state index contributed by atoms with van der Waals surface area (Å²) in [5, 5.41) is 1.29. The molecule has 2 nitrogen and oxygen atoms in total. The molecule has 0 saturated heterocycles. The first-order chi connectivity index (χ1) is 7.19. The lowest BCUT2D eigenvalue weighted by Crippen LogP contribution is -2.21. The third-order valence-electron chi connectivity index (χ3n) is 2.84. The molecule has 0 aliphatic rings. The van der Waals surface area contributed by atoms with Crippen molar-refractivity contribution in [1.82, 2.24) is 4.98 Å². The average Bonchev–Trinajstić information content (AvgIpc) is 2.59. The number of aromatic nitrogens is 1. The van der Waals surface area contributed by atoms with Gasteiger partial charge < -0.3 is 10.7 Å². The molecule has 0 radical (unpaired) electrons. The van der Waals surface area contributed by atoms with E-state index in [0.29, 0.717) is 0 Å². The number of benzene rings is 1. The summed E-state index contributed by atoms with van der Waals surface area (Å²) in [6.45, 7) is 4.24. The lowest BCUT2D eigenvalue weighted by Gasteiger charge is -2.05. The minimum atomic E-state index is 0.263. The van der Waals surface area contributed by atoms with Crippen molar-refractivity contribution in [2.75, 3.05) is 0 Å². The van der Waals surface area contributed by atoms with Crippen LogP contribution in [-0.4, -0.2) is 11.0 Å². The molecule has 0 saturated carbocycles. The van der Waals surface area contributed by atoms with E-state index < -0.39 is 0 Å². The van der Waals surface area contributed by atoms with Crippen molar-refractivity contribution in [3.05, 3.63) is 35.5 Å². The topological polar surface area (TPSA) is 41.8 Å². The summed E-state index contributed by atoms with van der Waals surface area (Å²) in [7, 11) is 0. The van der Waals surface area contributed by atoms with Gasteiger partial charge in [0, 0.05) is 23.7 Å². The molecule has 1 unspecified atom stereocenters. The Bertz CT molecular complexity index is 457. The van der Waals surface area contributed by atoms with Crippen molar-refractivity contribution in [2.45, 2.75) is 32.7 Å². The standard InChI is InChI=1S/C13H18N2/c1-3-11(14)8-12-7-10-6-9(2)4-5-13(10)15-12/h4-7,11,15H,3,8,14H2,1-2H3. The van der Waals surface area contributed by atoms with Crippen molar-refractivity contribution in [1.29, 1.82) is 0 Å². The molecule has 15 heavy (non-hydrogen) atoms. The molecule has 0 spiro atoms. The lowest BCUT2D eigenvalue weighted by molar-refractivity contribution is 0.639. The zero-order valence-corrected chi connectivity index (χ0v) is 9.38. The normalized spacial score (nSPS) is 13.3. The molecule has 0 fully saturated rings. The van der Waals surface area contributed by atoms with Crippen molar-refractivity contribution in [3.8, 4) is 0 Å². The summed E-state index contributed by atoms with van der Waals surface area (Å²) in [5.41, 5.74) is 9.68. The van der Waals surface area contributed by atoms with Crippen molar-refractivity contribution < 1.29 is 0 Å². The quantitative estimate of drug-likeness (QED) is 0.789. The van der Waals surface area contributed by atoms with Crippen molar-refractivity contribution in [2.24, 2.45) is 5.73 Å². The molecule has 2 heteroatoms. The third-order valence-corrected chi connectivity index (χ3v) is 2.84. The number of H-pyrrole nitrogens is 1. The van der Waals surface area contributed by atoms with Gasteiger partial charge in [0.1, 0.15) is 0 Å². The Kier molecular flexibility index (Phi) is 2.78. The number of rotatable bonds is 3. The maximum absolute atomic E-state index is 5.94. The van der Waals surface area contributed by atoms with Crippen LogP contribution in [0.3, 0.4) is 0 Å². The smallest absolute Gasteiger partial charge is 0.0456 e. The molecular weight excluding hydrogens is 184 g/mol. The van der Waals surface area contributed by atoms with Crippen LogP contribution in [0, 0.1) is 6.92 Å². The molecule has 2 rings (SSSR count). The minimum absolute atomic E-state index is 0.263. The number of hydrogen-bond donors (Lipinski definition) is 2. The Balaban J connectivity index is 2.30. The van der Waals surface area contributed by atoms with E-state index in [-0.39, 0.29) is 6.04 Å². The fourth-order valence-electron chi connectivity index (χ4n) is 1.85. The predicted molar refractivity (Wildman–Crippen MR) is 65.0 cm³/mol. The summed E-state index contributed by atoms with van der Waals surface area (Å²) in [5.74, 6) is 0. The summed E-state index contributed by atoms with van der Waals surface area (Å²) < 4.78 is 0. The first-order valence-corrected chi connectivity index (χ1v) is 5.53. The molecule has 0 amide bonds. The van der Waals surface area contributed by atoms with E-state index in [1.165, 1.54) is 22.2 Å². The van der Waals surface area contributed by atoms with Gasteiger partial charge in [0.2, 0.25) is 0 Å². The highest BCUT2D eigenvalue weighted by Crippen LogP contribution is 2.17. The molecule has 1 aromatic carbocycles. The largest absolute Gasteiger partial charge is 0.358 e. The first-order valence-electron chi connectivity index (χ1n) is 5.53. The maximum atomic E-state index is 5.94. The van der Waals surface area contributed by atoms with Crippen LogP contribution in [0.15, 0.2) is 24.3 Å². The summed E-state index contributed by atoms with van der Waals surface area (Å²) in [6, 6.07) is 8.93. The molecular formula is C13H18N2. The molecule has 1 atom stereocenters. The van der Waals surface area contributed by atoms with Gasteiger partial charge in [0.25, 0.3) is 0 Å². The summed E-state index contributed by atoms with van der Waals surface area (Å²) >= 11 is 0. The maximum Gasteiger partial charge on any atom is 0.0456 e. The second-order valence-electron chi connectivity index (χ2n) is 4.26. The third kappa shape index (κ3) is 2.21. The molecule has 1 aromatic heterocycles. The van der Waals surface area contributed by atoms with E-state index >= 15 is 0 Å². The Labute approximate surface area is 90.5 Å². The van der Waals surface area contributed by atoms with Gasteiger partial charge in [0.15, 0.2) is 0 Å². The van der Waals surface area contributed by atoms with E-state index in [1.807, 2.05) is 0 Å². The highest BCUT2D eigenvalue weighted by Gasteiger charge is 2.04. The molecule has 1 heterocycles. The van der Waals surface area contributed by atoms with Crippen molar-refractivity contribution >= 4 is 10.9 Å². The van der Waals surface area contributed by atoms with Crippen LogP contribution in [0.2, 0.25) is 0 Å². The number of nitrogens with two attached hydrogens (primary N) is 1. The van der Waals surface area contributed by atoms with Gasteiger partial charge in [-0.1, -0.05) is 18.6 Å². The van der Waals surface area contributed by atoms with Gasteiger partial charge in [-0.05, 0) is 36.9 Å². The highest BCUT2D eigenvalue weighted by atomic mass is 14.7. The van der Waals surface area contributed by atoms with Gasteiger partial charge in [-0.25, -0.2) is 0 Å². The fourth-order valence-corrected chi connectivity index (χ4v) is 1.85. The van der Waals surface area contributed by atoms with E-state index in [4.69, 9.17) is 5.73 Å². The molecule has 3 N–H and O–H groups in total. The Morgan fingerprint density at radius 1 is 1.33 bits per heavy atom. The van der Waals surface area contributed by atoms with E-state index in [0.717, 1.165) is 12.8 Å². The highest BCUT2D eigenvalue weighted by molar-refractivity contribution is 5.81. The summed E-state index contributed by atoms with van der Waals surface area (Å²) in [6.07, 6.45) is 1.96. The monoisotopic (exact) mass is 202 g/mol. The van der Waals surface area contributed by atoms with Crippen LogP contribution in [0.25, 0.3) is 10.9 Å². The molecule has 0 bridgehead atoms. The molecule has 0 aliphatic carbocycles. The Morgan fingerprint density at radius 2 is 2.13 bits per heavy atom. The molecule has 2 aromatic rings. The van der Waals surface area contributed by atoms with E-state index in [1.54, 1.807) is 0 Å². The Morgan fingerprint density at radius 3 is 2.87 bits per heavy atom. The lowest BCUT2D eigenvalue weighted by atomic mass is 10.1. The van der Waals surface area contributed by atoms with Crippen LogP contribution in [0.1, 0.15) is 24.6 Å². The summed E-state index contributed by atoms with van der Waals surface area (Å²) in [4.78, 5) is 3.41. The number of aryl methyl sites for hydroxylation is 1. The average molecular weight is 202 g/mol. The van der Waals surface area contributed by atoms with Crippen LogP contribution < -0.4 is 5.73 Å². The minimum Gasteiger partial charge on any atom is -0.358 e. The van der Waals surface area contributed by atoms with E-state index in [2.05, 4.69) is 43.1 Å². The van der Waals surface area contributed by atoms with Crippen LogP contribution in [0.5, 0.6) is 0 Å². The second kappa shape index (κ2) is 4.07.